The Morgan fingerprint density at radius 1 is 1.19 bits per heavy atom. The van der Waals surface area contributed by atoms with Crippen molar-refractivity contribution in [3.8, 4) is 0 Å². The summed E-state index contributed by atoms with van der Waals surface area (Å²) < 4.78 is 0.951. The molecule has 112 valence electrons. The first-order valence-electron chi connectivity index (χ1n) is 7.44. The number of halogens is 1. The van der Waals surface area contributed by atoms with E-state index in [2.05, 4.69) is 46.9 Å². The van der Waals surface area contributed by atoms with Gasteiger partial charge in [-0.05, 0) is 39.0 Å². The van der Waals surface area contributed by atoms with E-state index in [1.165, 1.54) is 5.56 Å². The van der Waals surface area contributed by atoms with Gasteiger partial charge in [-0.3, -0.25) is 4.98 Å². The number of aromatic nitrogens is 1. The van der Waals surface area contributed by atoms with E-state index in [1.54, 1.807) is 6.20 Å². The van der Waals surface area contributed by atoms with Crippen molar-refractivity contribution in [3.05, 3.63) is 64.4 Å². The molecule has 0 radical (unpaired) electrons. The third-order valence-corrected chi connectivity index (χ3v) is 4.50. The van der Waals surface area contributed by atoms with Crippen LogP contribution in [0.3, 0.4) is 0 Å². The van der Waals surface area contributed by atoms with Crippen LogP contribution in [-0.2, 0) is 6.42 Å². The molecule has 21 heavy (non-hydrogen) atoms. The van der Waals surface area contributed by atoms with E-state index in [0.717, 1.165) is 16.5 Å². The van der Waals surface area contributed by atoms with E-state index in [1.807, 2.05) is 30.5 Å². The molecule has 1 aromatic carbocycles. The number of aliphatic hydroxyl groups excluding tert-OH is 1. The standard InChI is InChI=1S/C18H22BrNO/c1-3-13(2)18(15-7-5-4-6-8-15)17(21)10-14-9-16(19)12-20-11-14/h4-9,11-13,17-18,21H,3,10H2,1-2H3. The summed E-state index contributed by atoms with van der Waals surface area (Å²) in [6.45, 7) is 4.38. The molecule has 3 heteroatoms. The molecule has 1 N–H and O–H groups in total. The molecule has 0 saturated heterocycles. The number of hydrogen-bond acceptors (Lipinski definition) is 2. The van der Waals surface area contributed by atoms with Gasteiger partial charge in [-0.15, -0.1) is 0 Å². The smallest absolute Gasteiger partial charge is 0.0652 e. The molecule has 1 aromatic heterocycles. The third-order valence-electron chi connectivity index (χ3n) is 4.06. The lowest BCUT2D eigenvalue weighted by Crippen LogP contribution is -2.26. The summed E-state index contributed by atoms with van der Waals surface area (Å²) in [4.78, 5) is 4.18. The van der Waals surface area contributed by atoms with Crippen molar-refractivity contribution in [1.29, 1.82) is 0 Å². The maximum Gasteiger partial charge on any atom is 0.0652 e. The molecule has 0 amide bonds. The second-order valence-corrected chi connectivity index (χ2v) is 6.52. The highest BCUT2D eigenvalue weighted by Crippen LogP contribution is 2.31. The number of benzene rings is 1. The Balaban J connectivity index is 2.20. The number of nitrogens with zero attached hydrogens (tertiary/aromatic N) is 1. The van der Waals surface area contributed by atoms with E-state index in [9.17, 15) is 5.11 Å². The highest BCUT2D eigenvalue weighted by atomic mass is 79.9. The van der Waals surface area contributed by atoms with Gasteiger partial charge >= 0.3 is 0 Å². The molecule has 0 fully saturated rings. The number of hydrogen-bond donors (Lipinski definition) is 1. The van der Waals surface area contributed by atoms with Crippen LogP contribution in [0.5, 0.6) is 0 Å². The van der Waals surface area contributed by atoms with Crippen molar-refractivity contribution in [2.24, 2.45) is 5.92 Å². The minimum absolute atomic E-state index is 0.148. The Hall–Kier alpha value is -1.19. The Morgan fingerprint density at radius 3 is 2.52 bits per heavy atom. The fraction of sp³-hybridized carbons (Fsp3) is 0.389. The van der Waals surface area contributed by atoms with Crippen LogP contribution in [0.2, 0.25) is 0 Å². The van der Waals surface area contributed by atoms with Crippen molar-refractivity contribution in [1.82, 2.24) is 4.98 Å². The normalized spacial score (nSPS) is 15.4. The van der Waals surface area contributed by atoms with Crippen molar-refractivity contribution in [3.63, 3.8) is 0 Å². The average Bonchev–Trinajstić information content (AvgIpc) is 2.48. The molecule has 2 rings (SSSR count). The first-order chi connectivity index (χ1) is 10.1. The van der Waals surface area contributed by atoms with Crippen LogP contribution < -0.4 is 0 Å². The Morgan fingerprint density at radius 2 is 1.90 bits per heavy atom. The van der Waals surface area contributed by atoms with E-state index >= 15 is 0 Å². The summed E-state index contributed by atoms with van der Waals surface area (Å²) in [6.07, 6.45) is 4.86. The molecule has 0 saturated carbocycles. The van der Waals surface area contributed by atoms with Gasteiger partial charge in [0.1, 0.15) is 0 Å². The topological polar surface area (TPSA) is 33.1 Å². The van der Waals surface area contributed by atoms with E-state index < -0.39 is 6.10 Å². The van der Waals surface area contributed by atoms with Crippen LogP contribution in [0.15, 0.2) is 53.3 Å². The van der Waals surface area contributed by atoms with Gasteiger partial charge in [0.15, 0.2) is 0 Å². The molecule has 1 heterocycles. The zero-order chi connectivity index (χ0) is 15.2. The van der Waals surface area contributed by atoms with Gasteiger partial charge in [0, 0.05) is 29.2 Å². The molecule has 0 spiro atoms. The van der Waals surface area contributed by atoms with E-state index in [0.29, 0.717) is 12.3 Å². The predicted molar refractivity (Wildman–Crippen MR) is 90.3 cm³/mol. The Kier molecular flexibility index (Phi) is 5.95. The molecule has 2 nitrogen and oxygen atoms in total. The number of aliphatic hydroxyl groups is 1. The second-order valence-electron chi connectivity index (χ2n) is 5.60. The largest absolute Gasteiger partial charge is 0.392 e. The van der Waals surface area contributed by atoms with Gasteiger partial charge in [-0.1, -0.05) is 50.6 Å². The van der Waals surface area contributed by atoms with Gasteiger partial charge < -0.3 is 5.11 Å². The third kappa shape index (κ3) is 4.39. The highest BCUT2D eigenvalue weighted by Gasteiger charge is 2.26. The zero-order valence-electron chi connectivity index (χ0n) is 12.5. The van der Waals surface area contributed by atoms with Crippen molar-refractivity contribution in [2.75, 3.05) is 0 Å². The summed E-state index contributed by atoms with van der Waals surface area (Å²) >= 11 is 3.43. The quantitative estimate of drug-likeness (QED) is 0.829. The van der Waals surface area contributed by atoms with Crippen LogP contribution in [0.4, 0.5) is 0 Å². The molecule has 3 unspecified atom stereocenters. The molecule has 3 atom stereocenters. The fourth-order valence-electron chi connectivity index (χ4n) is 2.80. The maximum atomic E-state index is 10.8. The summed E-state index contributed by atoms with van der Waals surface area (Å²) in [6, 6.07) is 12.3. The van der Waals surface area contributed by atoms with Crippen LogP contribution in [-0.4, -0.2) is 16.2 Å². The van der Waals surface area contributed by atoms with Crippen molar-refractivity contribution in [2.45, 2.75) is 38.7 Å². The summed E-state index contributed by atoms with van der Waals surface area (Å²) in [5.41, 5.74) is 2.27. The lowest BCUT2D eigenvalue weighted by molar-refractivity contribution is 0.117. The Labute approximate surface area is 135 Å². The maximum absolute atomic E-state index is 10.8. The minimum atomic E-state index is -0.404. The van der Waals surface area contributed by atoms with Crippen LogP contribution in [0.1, 0.15) is 37.3 Å². The van der Waals surface area contributed by atoms with Crippen molar-refractivity contribution >= 4 is 15.9 Å². The predicted octanol–water partition coefficient (Wildman–Crippen LogP) is 4.58. The molecular weight excluding hydrogens is 326 g/mol. The summed E-state index contributed by atoms with van der Waals surface area (Å²) in [5, 5.41) is 10.8. The van der Waals surface area contributed by atoms with Crippen LogP contribution in [0.25, 0.3) is 0 Å². The fourth-order valence-corrected chi connectivity index (χ4v) is 3.21. The van der Waals surface area contributed by atoms with Crippen LogP contribution in [0, 0.1) is 5.92 Å². The first-order valence-corrected chi connectivity index (χ1v) is 8.23. The summed E-state index contributed by atoms with van der Waals surface area (Å²) in [5.74, 6) is 0.581. The monoisotopic (exact) mass is 347 g/mol. The zero-order valence-corrected chi connectivity index (χ0v) is 14.1. The summed E-state index contributed by atoms with van der Waals surface area (Å²) in [7, 11) is 0. The highest BCUT2D eigenvalue weighted by molar-refractivity contribution is 9.10. The minimum Gasteiger partial charge on any atom is -0.392 e. The molecule has 0 aliphatic carbocycles. The first kappa shape index (κ1) is 16.2. The molecular formula is C18H22BrNO. The molecule has 0 bridgehead atoms. The van der Waals surface area contributed by atoms with Crippen LogP contribution >= 0.6 is 15.9 Å². The SMILES string of the molecule is CCC(C)C(c1ccccc1)C(O)Cc1cncc(Br)c1. The van der Waals surface area contributed by atoms with Gasteiger partial charge in [0.05, 0.1) is 6.10 Å². The second kappa shape index (κ2) is 7.71. The van der Waals surface area contributed by atoms with Gasteiger partial charge in [-0.2, -0.15) is 0 Å². The van der Waals surface area contributed by atoms with E-state index in [-0.39, 0.29) is 5.92 Å². The number of rotatable bonds is 6. The lowest BCUT2D eigenvalue weighted by atomic mass is 9.80. The average molecular weight is 348 g/mol. The number of pyridine rings is 1. The lowest BCUT2D eigenvalue weighted by Gasteiger charge is -2.28. The van der Waals surface area contributed by atoms with Gasteiger partial charge in [-0.25, -0.2) is 0 Å². The van der Waals surface area contributed by atoms with Crippen molar-refractivity contribution < 1.29 is 5.11 Å². The van der Waals surface area contributed by atoms with E-state index in [4.69, 9.17) is 0 Å². The molecule has 0 aliphatic rings. The molecule has 2 aromatic rings. The van der Waals surface area contributed by atoms with Gasteiger partial charge in [0.2, 0.25) is 0 Å². The van der Waals surface area contributed by atoms with Gasteiger partial charge in [0.25, 0.3) is 0 Å². The molecule has 0 aliphatic heterocycles. The Bertz CT molecular complexity index is 558.